The molecule has 100 valence electrons. The Bertz CT molecular complexity index is 229. The van der Waals surface area contributed by atoms with Crippen LogP contribution in [0.25, 0.3) is 0 Å². The Hall–Kier alpha value is -0.610. The molecule has 1 fully saturated rings. The number of nitrogens with two attached hydrogens (primary N) is 1. The van der Waals surface area contributed by atoms with Gasteiger partial charge in [-0.05, 0) is 38.1 Å². The van der Waals surface area contributed by atoms with Gasteiger partial charge in [0.25, 0.3) is 0 Å². The zero-order valence-electron chi connectivity index (χ0n) is 11.1. The molecule has 17 heavy (non-hydrogen) atoms. The molecule has 1 amide bonds. The van der Waals surface area contributed by atoms with Gasteiger partial charge in [-0.15, -0.1) is 0 Å². The van der Waals surface area contributed by atoms with Crippen molar-refractivity contribution in [3.63, 3.8) is 0 Å². The van der Waals surface area contributed by atoms with Crippen molar-refractivity contribution in [3.05, 3.63) is 0 Å². The second-order valence-electron chi connectivity index (χ2n) is 4.86. The molecule has 0 bridgehead atoms. The van der Waals surface area contributed by atoms with Crippen LogP contribution in [0.5, 0.6) is 0 Å². The minimum absolute atomic E-state index is 0.00127. The molecule has 2 atom stereocenters. The molecule has 0 heterocycles. The number of hydrogen-bond donors (Lipinski definition) is 2. The molecule has 0 saturated heterocycles. The Morgan fingerprint density at radius 2 is 2.12 bits per heavy atom. The van der Waals surface area contributed by atoms with E-state index in [9.17, 15) is 4.79 Å². The number of ether oxygens (including phenoxy) is 1. The number of rotatable bonds is 7. The predicted molar refractivity (Wildman–Crippen MR) is 68.6 cm³/mol. The largest absolute Gasteiger partial charge is 0.368 e. The average Bonchev–Trinajstić information content (AvgIpc) is 2.80. The molecule has 4 nitrogen and oxygen atoms in total. The van der Waals surface area contributed by atoms with E-state index in [1.807, 2.05) is 0 Å². The highest BCUT2D eigenvalue weighted by molar-refractivity contribution is 5.77. The van der Waals surface area contributed by atoms with Gasteiger partial charge in [0.15, 0.2) is 0 Å². The van der Waals surface area contributed by atoms with Gasteiger partial charge in [0.05, 0.1) is 6.10 Å². The molecule has 0 radical (unpaired) electrons. The van der Waals surface area contributed by atoms with Crippen LogP contribution in [0.15, 0.2) is 0 Å². The maximum atomic E-state index is 11.7. The SMILES string of the molecule is CCC(CC)NC(=O)COC1CCCC1CN. The van der Waals surface area contributed by atoms with Gasteiger partial charge in [0.1, 0.15) is 6.61 Å². The Morgan fingerprint density at radius 1 is 1.41 bits per heavy atom. The van der Waals surface area contributed by atoms with Crippen molar-refractivity contribution in [3.8, 4) is 0 Å². The lowest BCUT2D eigenvalue weighted by molar-refractivity contribution is -0.129. The van der Waals surface area contributed by atoms with Gasteiger partial charge >= 0.3 is 0 Å². The summed E-state index contributed by atoms with van der Waals surface area (Å²) in [5.74, 6) is 0.442. The molecule has 1 aliphatic carbocycles. The number of carbonyl (C=O) groups excluding carboxylic acids is 1. The van der Waals surface area contributed by atoms with Gasteiger partial charge in [-0.2, -0.15) is 0 Å². The molecule has 3 N–H and O–H groups in total. The Morgan fingerprint density at radius 3 is 2.71 bits per heavy atom. The standard InChI is InChI=1S/C13H26N2O2/c1-3-11(4-2)15-13(16)9-17-12-7-5-6-10(12)8-14/h10-12H,3-9,14H2,1-2H3,(H,15,16). The molecule has 0 spiro atoms. The van der Waals surface area contributed by atoms with Crippen molar-refractivity contribution in [2.75, 3.05) is 13.2 Å². The van der Waals surface area contributed by atoms with E-state index in [-0.39, 0.29) is 24.7 Å². The highest BCUT2D eigenvalue weighted by Crippen LogP contribution is 2.27. The molecule has 0 aromatic carbocycles. The lowest BCUT2D eigenvalue weighted by Gasteiger charge is -2.20. The van der Waals surface area contributed by atoms with Crippen LogP contribution in [0.3, 0.4) is 0 Å². The summed E-state index contributed by atoms with van der Waals surface area (Å²) in [5, 5.41) is 2.98. The van der Waals surface area contributed by atoms with Gasteiger partial charge in [0.2, 0.25) is 5.91 Å². The van der Waals surface area contributed by atoms with Crippen molar-refractivity contribution >= 4 is 5.91 Å². The first-order chi connectivity index (χ1) is 8.21. The molecule has 0 aliphatic heterocycles. The van der Waals surface area contributed by atoms with Crippen LogP contribution in [0.4, 0.5) is 0 Å². The second kappa shape index (κ2) is 7.67. The maximum absolute atomic E-state index is 11.7. The Labute approximate surface area is 104 Å². The fourth-order valence-electron chi connectivity index (χ4n) is 2.44. The van der Waals surface area contributed by atoms with Crippen molar-refractivity contribution in [1.29, 1.82) is 0 Å². The van der Waals surface area contributed by atoms with Crippen molar-refractivity contribution in [2.45, 2.75) is 58.1 Å². The summed E-state index contributed by atoms with van der Waals surface area (Å²) in [7, 11) is 0. The molecule has 0 aromatic heterocycles. The van der Waals surface area contributed by atoms with Crippen LogP contribution in [0, 0.1) is 5.92 Å². The van der Waals surface area contributed by atoms with Crippen LogP contribution < -0.4 is 11.1 Å². The van der Waals surface area contributed by atoms with Crippen LogP contribution in [-0.2, 0) is 9.53 Å². The molecule has 1 saturated carbocycles. The summed E-state index contributed by atoms with van der Waals surface area (Å²) in [6.45, 7) is 5.00. The van der Waals surface area contributed by atoms with Crippen LogP contribution in [0.2, 0.25) is 0 Å². The maximum Gasteiger partial charge on any atom is 0.246 e. The molecular formula is C13H26N2O2. The quantitative estimate of drug-likeness (QED) is 0.710. The first kappa shape index (κ1) is 14.5. The first-order valence-electron chi connectivity index (χ1n) is 6.82. The third kappa shape index (κ3) is 4.64. The van der Waals surface area contributed by atoms with E-state index in [1.165, 1.54) is 6.42 Å². The minimum atomic E-state index is 0.00127. The number of carbonyl (C=O) groups is 1. The van der Waals surface area contributed by atoms with E-state index in [2.05, 4.69) is 19.2 Å². The number of nitrogens with one attached hydrogen (secondary N) is 1. The third-order valence-electron chi connectivity index (χ3n) is 3.67. The summed E-state index contributed by atoms with van der Waals surface area (Å²) in [6, 6.07) is 0.278. The zero-order chi connectivity index (χ0) is 12.7. The zero-order valence-corrected chi connectivity index (χ0v) is 11.1. The molecule has 2 unspecified atom stereocenters. The van der Waals surface area contributed by atoms with Crippen molar-refractivity contribution < 1.29 is 9.53 Å². The lowest BCUT2D eigenvalue weighted by Crippen LogP contribution is -2.38. The summed E-state index contributed by atoms with van der Waals surface area (Å²) >= 11 is 0. The topological polar surface area (TPSA) is 64.3 Å². The smallest absolute Gasteiger partial charge is 0.246 e. The van der Waals surface area contributed by atoms with Gasteiger partial charge < -0.3 is 15.8 Å². The van der Waals surface area contributed by atoms with E-state index in [0.29, 0.717) is 12.5 Å². The van der Waals surface area contributed by atoms with Gasteiger partial charge in [0, 0.05) is 6.04 Å². The van der Waals surface area contributed by atoms with E-state index < -0.39 is 0 Å². The highest BCUT2D eigenvalue weighted by atomic mass is 16.5. The fraction of sp³-hybridized carbons (Fsp3) is 0.923. The fourth-order valence-corrected chi connectivity index (χ4v) is 2.44. The van der Waals surface area contributed by atoms with Gasteiger partial charge in [-0.3, -0.25) is 4.79 Å². The normalized spacial score (nSPS) is 24.2. The first-order valence-corrected chi connectivity index (χ1v) is 6.82. The lowest BCUT2D eigenvalue weighted by atomic mass is 10.1. The second-order valence-corrected chi connectivity index (χ2v) is 4.86. The van der Waals surface area contributed by atoms with Gasteiger partial charge in [-0.25, -0.2) is 0 Å². The van der Waals surface area contributed by atoms with Crippen LogP contribution in [0.1, 0.15) is 46.0 Å². The van der Waals surface area contributed by atoms with E-state index in [0.717, 1.165) is 25.7 Å². The van der Waals surface area contributed by atoms with Gasteiger partial charge in [-0.1, -0.05) is 20.3 Å². The monoisotopic (exact) mass is 242 g/mol. The van der Waals surface area contributed by atoms with E-state index >= 15 is 0 Å². The number of hydrogen-bond acceptors (Lipinski definition) is 3. The summed E-state index contributed by atoms with van der Waals surface area (Å²) in [5.41, 5.74) is 5.67. The molecule has 1 aliphatic rings. The molecule has 0 aromatic rings. The third-order valence-corrected chi connectivity index (χ3v) is 3.67. The van der Waals surface area contributed by atoms with Crippen LogP contribution in [-0.4, -0.2) is 31.2 Å². The van der Waals surface area contributed by atoms with Crippen molar-refractivity contribution in [1.82, 2.24) is 5.32 Å². The highest BCUT2D eigenvalue weighted by Gasteiger charge is 2.27. The predicted octanol–water partition coefficient (Wildman–Crippen LogP) is 1.44. The minimum Gasteiger partial charge on any atom is -0.368 e. The van der Waals surface area contributed by atoms with Crippen LogP contribution >= 0.6 is 0 Å². The summed E-state index contributed by atoms with van der Waals surface area (Å²) in [6.07, 6.45) is 5.47. The van der Waals surface area contributed by atoms with E-state index in [1.54, 1.807) is 0 Å². The Kier molecular flexibility index (Phi) is 6.52. The summed E-state index contributed by atoms with van der Waals surface area (Å²) < 4.78 is 5.67. The van der Waals surface area contributed by atoms with E-state index in [4.69, 9.17) is 10.5 Å². The number of amides is 1. The molecule has 4 heteroatoms. The van der Waals surface area contributed by atoms with Crippen molar-refractivity contribution in [2.24, 2.45) is 11.7 Å². The Balaban J connectivity index is 2.23. The average molecular weight is 242 g/mol. The summed E-state index contributed by atoms with van der Waals surface area (Å²) in [4.78, 5) is 11.7. The molecular weight excluding hydrogens is 216 g/mol. The molecule has 1 rings (SSSR count).